The Balaban J connectivity index is 2.16. The first-order valence-electron chi connectivity index (χ1n) is 8.78. The van der Waals surface area contributed by atoms with Crippen LogP contribution in [0.1, 0.15) is 58.4 Å². The van der Waals surface area contributed by atoms with Gasteiger partial charge < -0.3 is 10.4 Å². The molecule has 1 amide bonds. The summed E-state index contributed by atoms with van der Waals surface area (Å²) >= 11 is 12.1. The summed E-state index contributed by atoms with van der Waals surface area (Å²) in [4.78, 5) is 12.7. The number of amides is 1. The average Bonchev–Trinajstić information content (AvgIpc) is 2.52. The standard InChI is InChI=1S/C20H27Cl2NO2/c1-19(2,3)17(10-8-14-7-9-15(21)13-16(14)22)23-18(24)20(25)11-5-4-6-12-20/h7-10,13,17,25H,4-6,11-12H2,1-3H3,(H,23,24)/b10-8+. The quantitative estimate of drug-likeness (QED) is 0.747. The van der Waals surface area contributed by atoms with Crippen molar-refractivity contribution in [2.24, 2.45) is 5.41 Å². The average molecular weight is 384 g/mol. The fourth-order valence-electron chi connectivity index (χ4n) is 3.03. The third-order valence-corrected chi connectivity index (χ3v) is 5.32. The number of carbonyl (C=O) groups excluding carboxylic acids is 1. The van der Waals surface area contributed by atoms with Crippen LogP contribution in [0.3, 0.4) is 0 Å². The second-order valence-corrected chi connectivity index (χ2v) is 8.78. The van der Waals surface area contributed by atoms with Gasteiger partial charge in [0, 0.05) is 10.0 Å². The Bertz CT molecular complexity index is 644. The molecule has 1 unspecified atom stereocenters. The van der Waals surface area contributed by atoms with Crippen LogP contribution in [-0.2, 0) is 4.79 Å². The van der Waals surface area contributed by atoms with Crippen molar-refractivity contribution in [3.05, 3.63) is 39.9 Å². The lowest BCUT2D eigenvalue weighted by Gasteiger charge is -2.35. The molecule has 138 valence electrons. The number of benzene rings is 1. The summed E-state index contributed by atoms with van der Waals surface area (Å²) in [6.45, 7) is 6.16. The molecule has 1 aliphatic carbocycles. The summed E-state index contributed by atoms with van der Waals surface area (Å²) in [5, 5.41) is 14.8. The van der Waals surface area contributed by atoms with Gasteiger partial charge in [-0.2, -0.15) is 0 Å². The van der Waals surface area contributed by atoms with Crippen molar-refractivity contribution in [3.8, 4) is 0 Å². The van der Waals surface area contributed by atoms with Gasteiger partial charge in [-0.15, -0.1) is 0 Å². The van der Waals surface area contributed by atoms with Gasteiger partial charge in [-0.3, -0.25) is 4.79 Å². The number of nitrogens with one attached hydrogen (secondary N) is 1. The molecule has 0 bridgehead atoms. The fourth-order valence-corrected chi connectivity index (χ4v) is 3.50. The molecule has 3 nitrogen and oxygen atoms in total. The predicted molar refractivity (Wildman–Crippen MR) is 105 cm³/mol. The van der Waals surface area contributed by atoms with Crippen molar-refractivity contribution in [2.75, 3.05) is 0 Å². The van der Waals surface area contributed by atoms with E-state index in [2.05, 4.69) is 26.1 Å². The Morgan fingerprint density at radius 1 is 1.24 bits per heavy atom. The molecule has 2 rings (SSSR count). The van der Waals surface area contributed by atoms with E-state index in [4.69, 9.17) is 23.2 Å². The Labute approximate surface area is 160 Å². The van der Waals surface area contributed by atoms with Gasteiger partial charge in [-0.1, -0.05) is 81.5 Å². The zero-order chi connectivity index (χ0) is 18.7. The van der Waals surface area contributed by atoms with Crippen LogP contribution < -0.4 is 5.32 Å². The second-order valence-electron chi connectivity index (χ2n) is 7.93. The first kappa shape index (κ1) is 20.3. The van der Waals surface area contributed by atoms with E-state index in [1.165, 1.54) is 0 Å². The summed E-state index contributed by atoms with van der Waals surface area (Å²) in [5.74, 6) is -0.279. The molecule has 0 aromatic heterocycles. The minimum Gasteiger partial charge on any atom is -0.380 e. The highest BCUT2D eigenvalue weighted by Crippen LogP contribution is 2.30. The highest BCUT2D eigenvalue weighted by atomic mass is 35.5. The molecule has 0 spiro atoms. The summed E-state index contributed by atoms with van der Waals surface area (Å²) in [7, 11) is 0. The smallest absolute Gasteiger partial charge is 0.252 e. The van der Waals surface area contributed by atoms with E-state index in [1.54, 1.807) is 12.1 Å². The van der Waals surface area contributed by atoms with Crippen LogP contribution in [0.5, 0.6) is 0 Å². The van der Waals surface area contributed by atoms with Crippen molar-refractivity contribution < 1.29 is 9.90 Å². The van der Waals surface area contributed by atoms with Crippen LogP contribution in [0.15, 0.2) is 24.3 Å². The Hall–Kier alpha value is -1.03. The molecule has 1 aromatic rings. The highest BCUT2D eigenvalue weighted by molar-refractivity contribution is 6.35. The molecule has 0 radical (unpaired) electrons. The molecule has 5 heteroatoms. The molecule has 0 aliphatic heterocycles. The monoisotopic (exact) mass is 383 g/mol. The molecule has 2 N–H and O–H groups in total. The second kappa shape index (κ2) is 8.11. The van der Waals surface area contributed by atoms with Gasteiger partial charge in [0.1, 0.15) is 5.60 Å². The first-order valence-corrected chi connectivity index (χ1v) is 9.54. The lowest BCUT2D eigenvalue weighted by atomic mass is 9.82. The van der Waals surface area contributed by atoms with Gasteiger partial charge in [-0.25, -0.2) is 0 Å². The van der Waals surface area contributed by atoms with E-state index in [1.807, 2.05) is 18.2 Å². The summed E-state index contributed by atoms with van der Waals surface area (Å²) < 4.78 is 0. The predicted octanol–water partition coefficient (Wildman–Crippen LogP) is 5.23. The van der Waals surface area contributed by atoms with Crippen molar-refractivity contribution in [1.82, 2.24) is 5.32 Å². The fraction of sp³-hybridized carbons (Fsp3) is 0.550. The van der Waals surface area contributed by atoms with Crippen LogP contribution in [-0.4, -0.2) is 22.7 Å². The first-order chi connectivity index (χ1) is 11.6. The summed E-state index contributed by atoms with van der Waals surface area (Å²) in [6, 6.07) is 5.09. The molecule has 1 aliphatic rings. The third-order valence-electron chi connectivity index (χ3n) is 4.75. The van der Waals surface area contributed by atoms with E-state index >= 15 is 0 Å². The topological polar surface area (TPSA) is 49.3 Å². The number of halogens is 2. The Morgan fingerprint density at radius 3 is 2.44 bits per heavy atom. The molecular formula is C20H27Cl2NO2. The van der Waals surface area contributed by atoms with E-state index < -0.39 is 5.60 Å². The van der Waals surface area contributed by atoms with E-state index in [9.17, 15) is 9.90 Å². The lowest BCUT2D eigenvalue weighted by Crippen LogP contribution is -2.53. The number of rotatable bonds is 4. The van der Waals surface area contributed by atoms with Crippen molar-refractivity contribution >= 4 is 35.2 Å². The Morgan fingerprint density at radius 2 is 1.88 bits per heavy atom. The largest absolute Gasteiger partial charge is 0.380 e. The SMILES string of the molecule is CC(C)(C)C(/C=C/c1ccc(Cl)cc1Cl)NC(=O)C1(O)CCCCC1. The summed E-state index contributed by atoms with van der Waals surface area (Å²) in [5.41, 5.74) is -0.602. The number of hydrogen-bond acceptors (Lipinski definition) is 2. The minimum absolute atomic E-state index is 0.198. The van der Waals surface area contributed by atoms with E-state index in [-0.39, 0.29) is 17.4 Å². The normalized spacial score (nSPS) is 19.0. The molecular weight excluding hydrogens is 357 g/mol. The third kappa shape index (κ3) is 5.47. The summed E-state index contributed by atoms with van der Waals surface area (Å²) in [6.07, 6.45) is 7.73. The number of aliphatic hydroxyl groups is 1. The molecule has 1 saturated carbocycles. The number of carbonyl (C=O) groups is 1. The maximum atomic E-state index is 12.7. The van der Waals surface area contributed by atoms with Gasteiger partial charge >= 0.3 is 0 Å². The van der Waals surface area contributed by atoms with Crippen LogP contribution in [0.2, 0.25) is 10.0 Å². The molecule has 1 fully saturated rings. The van der Waals surface area contributed by atoms with Crippen LogP contribution in [0.25, 0.3) is 6.08 Å². The van der Waals surface area contributed by atoms with Crippen LogP contribution in [0.4, 0.5) is 0 Å². The lowest BCUT2D eigenvalue weighted by molar-refractivity contribution is -0.144. The van der Waals surface area contributed by atoms with Gasteiger partial charge in [0.05, 0.1) is 6.04 Å². The van der Waals surface area contributed by atoms with Gasteiger partial charge in [0.15, 0.2) is 0 Å². The zero-order valence-electron chi connectivity index (χ0n) is 15.1. The molecule has 1 atom stereocenters. The van der Waals surface area contributed by atoms with Crippen molar-refractivity contribution in [1.29, 1.82) is 0 Å². The minimum atomic E-state index is -1.24. The zero-order valence-corrected chi connectivity index (χ0v) is 16.6. The van der Waals surface area contributed by atoms with Crippen LogP contribution in [0, 0.1) is 5.41 Å². The molecule has 25 heavy (non-hydrogen) atoms. The van der Waals surface area contributed by atoms with Crippen LogP contribution >= 0.6 is 23.2 Å². The highest BCUT2D eigenvalue weighted by Gasteiger charge is 2.39. The maximum absolute atomic E-state index is 12.7. The Kier molecular flexibility index (Phi) is 6.58. The maximum Gasteiger partial charge on any atom is 0.252 e. The van der Waals surface area contributed by atoms with Gasteiger partial charge in [0.2, 0.25) is 0 Å². The number of hydrogen-bond donors (Lipinski definition) is 2. The van der Waals surface area contributed by atoms with E-state index in [0.29, 0.717) is 22.9 Å². The van der Waals surface area contributed by atoms with Crippen molar-refractivity contribution in [2.45, 2.75) is 64.5 Å². The van der Waals surface area contributed by atoms with Crippen molar-refractivity contribution in [3.63, 3.8) is 0 Å². The van der Waals surface area contributed by atoms with Gasteiger partial charge in [-0.05, 0) is 36.0 Å². The van der Waals surface area contributed by atoms with Gasteiger partial charge in [0.25, 0.3) is 5.91 Å². The van der Waals surface area contributed by atoms with E-state index in [0.717, 1.165) is 24.8 Å². The molecule has 0 saturated heterocycles. The molecule has 0 heterocycles. The molecule has 1 aromatic carbocycles.